The Morgan fingerprint density at radius 1 is 1.38 bits per heavy atom. The Balaban J connectivity index is 2.44. The molecule has 0 bridgehead atoms. The van der Waals surface area contributed by atoms with Gasteiger partial charge in [-0.15, -0.1) is 5.10 Å². The second-order valence-electron chi connectivity index (χ2n) is 4.53. The third-order valence-corrected chi connectivity index (χ3v) is 6.42. The Hall–Kier alpha value is -0.960. The smallest absolute Gasteiger partial charge is 0.235 e. The molecule has 0 aliphatic rings. The van der Waals surface area contributed by atoms with Crippen molar-refractivity contribution in [3.05, 3.63) is 39.5 Å². The molecule has 0 saturated heterocycles. The summed E-state index contributed by atoms with van der Waals surface area (Å²) in [6.07, 6.45) is 0. The van der Waals surface area contributed by atoms with Gasteiger partial charge in [0.05, 0.1) is 0 Å². The van der Waals surface area contributed by atoms with Crippen LogP contribution in [0.2, 0.25) is 5.02 Å². The Morgan fingerprint density at radius 3 is 2.52 bits per heavy atom. The Bertz CT molecular complexity index is 743. The second kappa shape index (κ2) is 6.04. The molecule has 21 heavy (non-hydrogen) atoms. The minimum atomic E-state index is -3.76. The van der Waals surface area contributed by atoms with E-state index >= 15 is 0 Å². The summed E-state index contributed by atoms with van der Waals surface area (Å²) in [4.78, 5) is 0. The number of nitrogens with zero attached hydrogens (tertiary/aromatic N) is 4. The van der Waals surface area contributed by atoms with Gasteiger partial charge in [-0.05, 0) is 34.5 Å². The summed E-state index contributed by atoms with van der Waals surface area (Å²) in [6, 6.07) is 6.73. The van der Waals surface area contributed by atoms with Gasteiger partial charge in [0.15, 0.2) is 4.60 Å². The molecule has 2 aromatic rings. The van der Waals surface area contributed by atoms with Gasteiger partial charge >= 0.3 is 0 Å². The first-order chi connectivity index (χ1) is 9.76. The van der Waals surface area contributed by atoms with Gasteiger partial charge < -0.3 is 0 Å². The fourth-order valence-corrected chi connectivity index (χ4v) is 4.61. The quantitative estimate of drug-likeness (QED) is 0.801. The molecule has 6 nitrogen and oxygen atoms in total. The highest BCUT2D eigenvalue weighted by Crippen LogP contribution is 2.31. The van der Waals surface area contributed by atoms with Crippen LogP contribution in [0.4, 0.5) is 0 Å². The standard InChI is InChI=1S/C12H14BrClN4O2S/c1-8(9-6-4-5-7-10(9)14)18(3)21(19,20)12-11(13)15-16-17(12)2/h4-8H,1-3H3. The molecule has 0 N–H and O–H groups in total. The molecule has 0 aliphatic heterocycles. The van der Waals surface area contributed by atoms with Crippen molar-refractivity contribution >= 4 is 37.6 Å². The third kappa shape index (κ3) is 2.98. The highest BCUT2D eigenvalue weighted by atomic mass is 79.9. The molecule has 0 saturated carbocycles. The maximum absolute atomic E-state index is 12.7. The summed E-state index contributed by atoms with van der Waals surface area (Å²) in [5.41, 5.74) is 0.733. The van der Waals surface area contributed by atoms with Gasteiger partial charge in [-0.2, -0.15) is 4.31 Å². The van der Waals surface area contributed by atoms with Gasteiger partial charge in [0.2, 0.25) is 5.03 Å². The number of hydrogen-bond acceptors (Lipinski definition) is 4. The highest BCUT2D eigenvalue weighted by molar-refractivity contribution is 9.10. The van der Waals surface area contributed by atoms with E-state index < -0.39 is 16.1 Å². The number of sulfonamides is 1. The van der Waals surface area contributed by atoms with Crippen LogP contribution >= 0.6 is 27.5 Å². The molecule has 114 valence electrons. The number of aryl methyl sites for hydroxylation is 1. The maximum Gasteiger partial charge on any atom is 0.263 e. The van der Waals surface area contributed by atoms with Gasteiger partial charge in [0.25, 0.3) is 10.0 Å². The third-order valence-electron chi connectivity index (χ3n) is 3.26. The number of aromatic nitrogens is 3. The van der Waals surface area contributed by atoms with Crippen molar-refractivity contribution in [1.29, 1.82) is 0 Å². The van der Waals surface area contributed by atoms with Gasteiger partial charge in [0, 0.05) is 25.2 Å². The van der Waals surface area contributed by atoms with Crippen LogP contribution in [0.1, 0.15) is 18.5 Å². The van der Waals surface area contributed by atoms with Crippen LogP contribution in [0.25, 0.3) is 0 Å². The second-order valence-corrected chi connectivity index (χ2v) is 7.60. The van der Waals surface area contributed by atoms with Crippen LogP contribution in [-0.4, -0.2) is 34.8 Å². The minimum absolute atomic E-state index is 0.00361. The molecule has 2 rings (SSSR count). The summed E-state index contributed by atoms with van der Waals surface area (Å²) in [7, 11) is -0.726. The number of hydrogen-bond donors (Lipinski definition) is 0. The van der Waals surface area contributed by atoms with Gasteiger partial charge in [0.1, 0.15) is 0 Å². The zero-order chi connectivity index (χ0) is 15.8. The Labute approximate surface area is 136 Å². The Kier molecular flexibility index (Phi) is 4.72. The lowest BCUT2D eigenvalue weighted by Gasteiger charge is -2.25. The van der Waals surface area contributed by atoms with E-state index in [2.05, 4.69) is 26.2 Å². The summed E-state index contributed by atoms with van der Waals surface area (Å²) in [5.74, 6) is 0. The molecule has 0 spiro atoms. The van der Waals surface area contributed by atoms with Crippen LogP contribution in [0, 0.1) is 0 Å². The molecule has 1 unspecified atom stereocenters. The molecule has 0 amide bonds. The minimum Gasteiger partial charge on any atom is -0.235 e. The highest BCUT2D eigenvalue weighted by Gasteiger charge is 2.32. The molecule has 1 aromatic heterocycles. The predicted octanol–water partition coefficient (Wildman–Crippen LogP) is 2.61. The van der Waals surface area contributed by atoms with Crippen LogP contribution in [0.5, 0.6) is 0 Å². The van der Waals surface area contributed by atoms with E-state index in [-0.39, 0.29) is 9.63 Å². The topological polar surface area (TPSA) is 68.1 Å². The number of rotatable bonds is 4. The van der Waals surface area contributed by atoms with Crippen LogP contribution in [-0.2, 0) is 17.1 Å². The van der Waals surface area contributed by atoms with Crippen LogP contribution in [0.15, 0.2) is 33.9 Å². The van der Waals surface area contributed by atoms with Crippen molar-refractivity contribution in [3.8, 4) is 0 Å². The zero-order valence-electron chi connectivity index (χ0n) is 11.7. The lowest BCUT2D eigenvalue weighted by atomic mass is 10.1. The Morgan fingerprint density at radius 2 is 2.00 bits per heavy atom. The summed E-state index contributed by atoms with van der Waals surface area (Å²) >= 11 is 9.25. The van der Waals surface area contributed by atoms with Crippen molar-refractivity contribution in [2.45, 2.75) is 18.0 Å². The average Bonchev–Trinajstić information content (AvgIpc) is 2.77. The summed E-state index contributed by atoms with van der Waals surface area (Å²) < 4.78 is 28.1. The van der Waals surface area contributed by atoms with Crippen molar-refractivity contribution in [1.82, 2.24) is 19.3 Å². The number of benzene rings is 1. The SMILES string of the molecule is CC(c1ccccc1Cl)N(C)S(=O)(=O)c1c(Br)nnn1C. The molecule has 0 aliphatic carbocycles. The monoisotopic (exact) mass is 392 g/mol. The molecular weight excluding hydrogens is 380 g/mol. The normalized spacial score (nSPS) is 13.6. The summed E-state index contributed by atoms with van der Waals surface area (Å²) in [6.45, 7) is 1.77. The first-order valence-corrected chi connectivity index (χ1v) is 8.65. The van der Waals surface area contributed by atoms with E-state index in [0.717, 1.165) is 5.56 Å². The largest absolute Gasteiger partial charge is 0.263 e. The summed E-state index contributed by atoms with van der Waals surface area (Å²) in [5, 5.41) is 7.94. The molecule has 1 aromatic carbocycles. The fourth-order valence-electron chi connectivity index (χ4n) is 1.95. The predicted molar refractivity (Wildman–Crippen MR) is 83.5 cm³/mol. The lowest BCUT2D eigenvalue weighted by molar-refractivity contribution is 0.393. The molecule has 0 fully saturated rings. The van der Waals surface area contributed by atoms with E-state index in [0.29, 0.717) is 5.02 Å². The van der Waals surface area contributed by atoms with Crippen molar-refractivity contribution in [2.75, 3.05) is 7.05 Å². The zero-order valence-corrected chi connectivity index (χ0v) is 14.8. The number of halogens is 2. The van der Waals surface area contributed by atoms with E-state index in [1.807, 2.05) is 6.07 Å². The van der Waals surface area contributed by atoms with Gasteiger partial charge in [-0.25, -0.2) is 13.1 Å². The van der Waals surface area contributed by atoms with Gasteiger partial charge in [-0.3, -0.25) is 0 Å². The average molecular weight is 394 g/mol. The maximum atomic E-state index is 12.7. The molecule has 0 radical (unpaired) electrons. The first-order valence-electron chi connectivity index (χ1n) is 6.04. The lowest BCUT2D eigenvalue weighted by Crippen LogP contribution is -2.31. The van der Waals surface area contributed by atoms with Crippen molar-refractivity contribution < 1.29 is 8.42 Å². The van der Waals surface area contributed by atoms with E-state index in [1.165, 1.54) is 23.1 Å². The van der Waals surface area contributed by atoms with E-state index in [9.17, 15) is 8.42 Å². The molecular formula is C12H14BrClN4O2S. The molecule has 1 heterocycles. The molecule has 1 atom stereocenters. The van der Waals surface area contributed by atoms with Gasteiger partial charge in [-0.1, -0.05) is 35.0 Å². The van der Waals surface area contributed by atoms with E-state index in [1.54, 1.807) is 25.1 Å². The van der Waals surface area contributed by atoms with Crippen LogP contribution in [0.3, 0.4) is 0 Å². The van der Waals surface area contributed by atoms with E-state index in [4.69, 9.17) is 11.6 Å². The van der Waals surface area contributed by atoms with Crippen LogP contribution < -0.4 is 0 Å². The fraction of sp³-hybridized carbons (Fsp3) is 0.333. The van der Waals surface area contributed by atoms with Crippen molar-refractivity contribution in [2.24, 2.45) is 7.05 Å². The van der Waals surface area contributed by atoms with Crippen molar-refractivity contribution in [3.63, 3.8) is 0 Å². The first kappa shape index (κ1) is 16.4. The molecule has 9 heteroatoms.